The molecular formula is C13H18FN3O3. The van der Waals surface area contributed by atoms with Crippen molar-refractivity contribution >= 4 is 17.3 Å². The first-order chi connectivity index (χ1) is 9.40. The van der Waals surface area contributed by atoms with Gasteiger partial charge in [0.15, 0.2) is 0 Å². The molecule has 0 radical (unpaired) electrons. The van der Waals surface area contributed by atoms with Crippen LogP contribution >= 0.6 is 0 Å². The van der Waals surface area contributed by atoms with Gasteiger partial charge in [-0.3, -0.25) is 14.9 Å². The second-order valence-electron chi connectivity index (χ2n) is 4.57. The lowest BCUT2D eigenvalue weighted by atomic mass is 9.81. The number of anilines is 1. The summed E-state index contributed by atoms with van der Waals surface area (Å²) in [5.74, 6) is -1.25. The standard InChI is InChI=1S/C13H18FN3O3/c1-3-13(4-2,8-15)12(18)16-9-5-6-10(14)11(7-9)17(19)20/h5-7H,3-4,8,15H2,1-2H3,(H,16,18). The number of nitrogens with one attached hydrogen (secondary N) is 1. The van der Waals surface area contributed by atoms with Gasteiger partial charge in [-0.2, -0.15) is 4.39 Å². The number of nitrogens with zero attached hydrogens (tertiary/aromatic N) is 1. The molecule has 1 amide bonds. The van der Waals surface area contributed by atoms with Crippen molar-refractivity contribution < 1.29 is 14.1 Å². The van der Waals surface area contributed by atoms with Crippen molar-refractivity contribution in [2.24, 2.45) is 11.1 Å². The normalized spacial score (nSPS) is 11.2. The highest BCUT2D eigenvalue weighted by molar-refractivity contribution is 5.95. The molecule has 110 valence electrons. The van der Waals surface area contributed by atoms with Crippen LogP contribution in [0.3, 0.4) is 0 Å². The van der Waals surface area contributed by atoms with Crippen LogP contribution in [0.1, 0.15) is 26.7 Å². The highest BCUT2D eigenvalue weighted by Gasteiger charge is 2.33. The highest BCUT2D eigenvalue weighted by atomic mass is 19.1. The first-order valence-electron chi connectivity index (χ1n) is 6.35. The van der Waals surface area contributed by atoms with Crippen molar-refractivity contribution in [3.63, 3.8) is 0 Å². The smallest absolute Gasteiger partial charge is 0.306 e. The molecule has 0 aliphatic rings. The third-order valence-electron chi connectivity index (χ3n) is 3.63. The van der Waals surface area contributed by atoms with E-state index in [-0.39, 0.29) is 18.1 Å². The molecule has 1 aromatic rings. The summed E-state index contributed by atoms with van der Waals surface area (Å²) < 4.78 is 13.2. The molecule has 0 atom stereocenters. The number of carbonyl (C=O) groups excluding carboxylic acids is 1. The van der Waals surface area contributed by atoms with Crippen molar-refractivity contribution in [1.29, 1.82) is 0 Å². The average molecular weight is 283 g/mol. The molecule has 0 heterocycles. The van der Waals surface area contributed by atoms with E-state index in [2.05, 4.69) is 5.32 Å². The molecule has 0 unspecified atom stereocenters. The first kappa shape index (κ1) is 16.0. The monoisotopic (exact) mass is 283 g/mol. The predicted molar refractivity (Wildman–Crippen MR) is 73.8 cm³/mol. The number of halogens is 1. The molecule has 0 aromatic heterocycles. The molecular weight excluding hydrogens is 265 g/mol. The van der Waals surface area contributed by atoms with Crippen LogP contribution in [-0.2, 0) is 4.79 Å². The average Bonchev–Trinajstić information content (AvgIpc) is 2.43. The van der Waals surface area contributed by atoms with Gasteiger partial charge in [-0.05, 0) is 25.0 Å². The lowest BCUT2D eigenvalue weighted by Crippen LogP contribution is -2.41. The van der Waals surface area contributed by atoms with E-state index in [0.717, 1.165) is 12.1 Å². The number of carbonyl (C=O) groups is 1. The summed E-state index contributed by atoms with van der Waals surface area (Å²) in [6.45, 7) is 3.88. The van der Waals surface area contributed by atoms with Gasteiger partial charge in [-0.1, -0.05) is 13.8 Å². The van der Waals surface area contributed by atoms with Crippen LogP contribution in [0.25, 0.3) is 0 Å². The van der Waals surface area contributed by atoms with Gasteiger partial charge in [0.1, 0.15) is 0 Å². The maximum atomic E-state index is 13.2. The fraction of sp³-hybridized carbons (Fsp3) is 0.462. The van der Waals surface area contributed by atoms with Crippen LogP contribution in [0.15, 0.2) is 18.2 Å². The Labute approximate surface area is 116 Å². The van der Waals surface area contributed by atoms with Gasteiger partial charge in [0, 0.05) is 18.3 Å². The van der Waals surface area contributed by atoms with Crippen molar-refractivity contribution in [3.8, 4) is 0 Å². The van der Waals surface area contributed by atoms with E-state index in [9.17, 15) is 19.3 Å². The third kappa shape index (κ3) is 3.11. The summed E-state index contributed by atoms with van der Waals surface area (Å²) in [5, 5.41) is 13.2. The number of nitro benzene ring substituents is 1. The molecule has 0 aliphatic carbocycles. The van der Waals surface area contributed by atoms with Crippen molar-refractivity contribution in [2.45, 2.75) is 26.7 Å². The number of hydrogen-bond acceptors (Lipinski definition) is 4. The van der Waals surface area contributed by atoms with Crippen LogP contribution in [-0.4, -0.2) is 17.4 Å². The van der Waals surface area contributed by atoms with Gasteiger partial charge >= 0.3 is 5.69 Å². The quantitative estimate of drug-likeness (QED) is 0.618. The number of nitrogens with two attached hydrogens (primary N) is 1. The van der Waals surface area contributed by atoms with Crippen LogP contribution in [0.4, 0.5) is 15.8 Å². The second kappa shape index (κ2) is 6.42. The Kier molecular flexibility index (Phi) is 5.15. The Morgan fingerprint density at radius 1 is 1.45 bits per heavy atom. The summed E-state index contributed by atoms with van der Waals surface area (Å²) in [7, 11) is 0. The fourth-order valence-corrected chi connectivity index (χ4v) is 1.95. The van der Waals surface area contributed by atoms with Crippen molar-refractivity contribution in [2.75, 3.05) is 11.9 Å². The van der Waals surface area contributed by atoms with Gasteiger partial charge in [-0.15, -0.1) is 0 Å². The van der Waals surface area contributed by atoms with Gasteiger partial charge < -0.3 is 11.1 Å². The van der Waals surface area contributed by atoms with Gasteiger partial charge in [0.2, 0.25) is 11.7 Å². The zero-order chi connectivity index (χ0) is 15.3. The molecule has 3 N–H and O–H groups in total. The Hall–Kier alpha value is -2.02. The summed E-state index contributed by atoms with van der Waals surface area (Å²) in [5.41, 5.74) is 4.45. The lowest BCUT2D eigenvalue weighted by Gasteiger charge is -2.28. The van der Waals surface area contributed by atoms with Gasteiger partial charge in [0.25, 0.3) is 0 Å². The second-order valence-corrected chi connectivity index (χ2v) is 4.57. The van der Waals surface area contributed by atoms with E-state index in [4.69, 9.17) is 5.73 Å². The van der Waals surface area contributed by atoms with E-state index >= 15 is 0 Å². The van der Waals surface area contributed by atoms with Crippen molar-refractivity contribution in [3.05, 3.63) is 34.1 Å². The number of hydrogen-bond donors (Lipinski definition) is 2. The Morgan fingerprint density at radius 2 is 2.05 bits per heavy atom. The molecule has 0 aliphatic heterocycles. The van der Waals surface area contributed by atoms with Crippen LogP contribution in [0.2, 0.25) is 0 Å². The zero-order valence-corrected chi connectivity index (χ0v) is 11.5. The zero-order valence-electron chi connectivity index (χ0n) is 11.5. The lowest BCUT2D eigenvalue weighted by molar-refractivity contribution is -0.387. The third-order valence-corrected chi connectivity index (χ3v) is 3.63. The number of amides is 1. The van der Waals surface area contributed by atoms with Gasteiger partial charge in [-0.25, -0.2) is 0 Å². The minimum atomic E-state index is -0.941. The van der Waals surface area contributed by atoms with E-state index in [0.29, 0.717) is 12.8 Å². The number of rotatable bonds is 6. The molecule has 0 fully saturated rings. The SMILES string of the molecule is CCC(CC)(CN)C(=O)Nc1ccc(F)c([N+](=O)[O-])c1. The highest BCUT2D eigenvalue weighted by Crippen LogP contribution is 2.28. The molecule has 6 nitrogen and oxygen atoms in total. The topological polar surface area (TPSA) is 98.3 Å². The largest absolute Gasteiger partial charge is 0.329 e. The molecule has 0 saturated carbocycles. The maximum Gasteiger partial charge on any atom is 0.306 e. The Bertz CT molecular complexity index is 507. The molecule has 1 aromatic carbocycles. The van der Waals surface area contributed by atoms with Crippen LogP contribution in [0, 0.1) is 21.3 Å². The van der Waals surface area contributed by atoms with E-state index in [1.54, 1.807) is 0 Å². The molecule has 7 heteroatoms. The first-order valence-corrected chi connectivity index (χ1v) is 6.35. The molecule has 1 rings (SSSR count). The summed E-state index contributed by atoms with van der Waals surface area (Å²) in [6.07, 6.45) is 1.10. The molecule has 0 saturated heterocycles. The molecule has 20 heavy (non-hydrogen) atoms. The summed E-state index contributed by atoms with van der Waals surface area (Å²) >= 11 is 0. The van der Waals surface area contributed by atoms with Crippen molar-refractivity contribution in [1.82, 2.24) is 0 Å². The predicted octanol–water partition coefficient (Wildman–Crippen LogP) is 2.44. The molecule has 0 spiro atoms. The van der Waals surface area contributed by atoms with Crippen LogP contribution < -0.4 is 11.1 Å². The van der Waals surface area contributed by atoms with Gasteiger partial charge in [0.05, 0.1) is 10.3 Å². The fourth-order valence-electron chi connectivity index (χ4n) is 1.95. The minimum absolute atomic E-state index is 0.176. The number of benzene rings is 1. The summed E-state index contributed by atoms with van der Waals surface area (Å²) in [4.78, 5) is 22.1. The Morgan fingerprint density at radius 3 is 2.50 bits per heavy atom. The van der Waals surface area contributed by atoms with E-state index in [1.807, 2.05) is 13.8 Å². The maximum absolute atomic E-state index is 13.2. The number of nitro groups is 1. The Balaban J connectivity index is 3.02. The van der Waals surface area contributed by atoms with Crippen LogP contribution in [0.5, 0.6) is 0 Å². The van der Waals surface area contributed by atoms with E-state index in [1.165, 1.54) is 6.07 Å². The minimum Gasteiger partial charge on any atom is -0.329 e. The van der Waals surface area contributed by atoms with E-state index < -0.39 is 21.8 Å². The summed E-state index contributed by atoms with van der Waals surface area (Å²) in [6, 6.07) is 3.24. The molecule has 0 bridgehead atoms.